The second-order valence-corrected chi connectivity index (χ2v) is 4.27. The van der Waals surface area contributed by atoms with Crippen molar-refractivity contribution in [2.75, 3.05) is 5.32 Å². The lowest BCUT2D eigenvalue weighted by Crippen LogP contribution is -2.14. The molecule has 5 nitrogen and oxygen atoms in total. The lowest BCUT2D eigenvalue weighted by Gasteiger charge is -2.08. The predicted octanol–water partition coefficient (Wildman–Crippen LogP) is 2.02. The van der Waals surface area contributed by atoms with Crippen molar-refractivity contribution in [1.29, 1.82) is 0 Å². The fourth-order valence-electron chi connectivity index (χ4n) is 1.47. The number of benzene rings is 1. The molecular weight excluding hydrogens is 252 g/mol. The number of carboxylic acid groups (broad SMARTS) is 1. The first-order valence-corrected chi connectivity index (χ1v) is 6.10. The summed E-state index contributed by atoms with van der Waals surface area (Å²) in [7, 11) is 0. The maximum Gasteiger partial charge on any atom is 0.307 e. The third kappa shape index (κ3) is 2.92. The molecule has 0 bridgehead atoms. The quantitative estimate of drug-likeness (QED) is 0.883. The molecule has 92 valence electrons. The highest BCUT2D eigenvalue weighted by Crippen LogP contribution is 2.16. The lowest BCUT2D eigenvalue weighted by molar-refractivity contribution is -0.136. The summed E-state index contributed by atoms with van der Waals surface area (Å²) in [5, 5.41) is 13.1. The molecule has 2 N–H and O–H groups in total. The van der Waals surface area contributed by atoms with Crippen molar-refractivity contribution in [1.82, 2.24) is 4.98 Å². The molecule has 0 aliphatic rings. The summed E-state index contributed by atoms with van der Waals surface area (Å²) in [6.07, 6.45) is -0.131. The Morgan fingerprint density at radius 2 is 2.11 bits per heavy atom. The summed E-state index contributed by atoms with van der Waals surface area (Å²) in [5.74, 6) is -1.28. The molecule has 0 saturated heterocycles. The number of hydrogen-bond acceptors (Lipinski definition) is 4. The number of anilines is 1. The zero-order chi connectivity index (χ0) is 13.0. The van der Waals surface area contributed by atoms with Crippen LogP contribution in [-0.4, -0.2) is 22.0 Å². The second kappa shape index (κ2) is 5.42. The van der Waals surface area contributed by atoms with Crippen LogP contribution in [0.1, 0.15) is 16.1 Å². The van der Waals surface area contributed by atoms with E-state index in [0.29, 0.717) is 16.9 Å². The van der Waals surface area contributed by atoms with E-state index in [0.717, 1.165) is 0 Å². The van der Waals surface area contributed by atoms with Crippen LogP contribution in [0.4, 0.5) is 5.69 Å². The number of carbonyl (C=O) groups excluding carboxylic acids is 1. The summed E-state index contributed by atoms with van der Waals surface area (Å²) in [5.41, 5.74) is 2.95. The average molecular weight is 262 g/mol. The third-order valence-electron chi connectivity index (χ3n) is 2.27. The van der Waals surface area contributed by atoms with Gasteiger partial charge in [0, 0.05) is 11.1 Å². The Labute approximate surface area is 107 Å². The van der Waals surface area contributed by atoms with E-state index in [1.54, 1.807) is 35.2 Å². The number of nitrogens with zero attached hydrogens (tertiary/aromatic N) is 1. The maximum atomic E-state index is 11.8. The van der Waals surface area contributed by atoms with Gasteiger partial charge in [-0.1, -0.05) is 18.2 Å². The van der Waals surface area contributed by atoms with E-state index in [2.05, 4.69) is 10.3 Å². The van der Waals surface area contributed by atoms with Gasteiger partial charge in [-0.05, 0) is 11.6 Å². The van der Waals surface area contributed by atoms with Crippen molar-refractivity contribution in [3.8, 4) is 0 Å². The minimum Gasteiger partial charge on any atom is -0.481 e. The Morgan fingerprint density at radius 3 is 2.78 bits per heavy atom. The Hall–Kier alpha value is -2.21. The first kappa shape index (κ1) is 12.3. The number of nitrogens with one attached hydrogen (secondary N) is 1. The van der Waals surface area contributed by atoms with Crippen LogP contribution in [0.5, 0.6) is 0 Å². The van der Waals surface area contributed by atoms with E-state index >= 15 is 0 Å². The maximum absolute atomic E-state index is 11.8. The number of para-hydroxylation sites is 1. The normalized spacial score (nSPS) is 10.0. The molecule has 0 fully saturated rings. The fraction of sp³-hybridized carbons (Fsp3) is 0.0833. The van der Waals surface area contributed by atoms with Gasteiger partial charge in [-0.2, -0.15) is 0 Å². The number of aliphatic carboxylic acids is 1. The van der Waals surface area contributed by atoms with E-state index in [-0.39, 0.29) is 12.3 Å². The Kier molecular flexibility index (Phi) is 3.69. The summed E-state index contributed by atoms with van der Waals surface area (Å²) in [6.45, 7) is 0. The van der Waals surface area contributed by atoms with Crippen molar-refractivity contribution < 1.29 is 14.7 Å². The standard InChI is InChI=1S/C12H10N2O3S/c15-11(16)5-8-3-1-2-4-9(8)14-12(17)10-6-18-7-13-10/h1-4,6-7H,5H2,(H,14,17)(H,15,16). The van der Waals surface area contributed by atoms with Crippen LogP contribution >= 0.6 is 11.3 Å². The molecule has 1 aromatic heterocycles. The Balaban J connectivity index is 2.18. The van der Waals surface area contributed by atoms with Crippen molar-refractivity contribution in [2.24, 2.45) is 0 Å². The van der Waals surface area contributed by atoms with Crippen LogP contribution in [0.25, 0.3) is 0 Å². The fourth-order valence-corrected chi connectivity index (χ4v) is 2.00. The lowest BCUT2D eigenvalue weighted by atomic mass is 10.1. The SMILES string of the molecule is O=C(O)Cc1ccccc1NC(=O)c1cscn1. The van der Waals surface area contributed by atoms with Crippen LogP contribution in [0.3, 0.4) is 0 Å². The van der Waals surface area contributed by atoms with Gasteiger partial charge in [-0.15, -0.1) is 11.3 Å². The number of aromatic nitrogens is 1. The van der Waals surface area contributed by atoms with E-state index in [4.69, 9.17) is 5.11 Å². The van der Waals surface area contributed by atoms with Gasteiger partial charge in [0.1, 0.15) is 5.69 Å². The van der Waals surface area contributed by atoms with E-state index in [1.165, 1.54) is 11.3 Å². The third-order valence-corrected chi connectivity index (χ3v) is 2.86. The molecule has 1 amide bonds. The number of rotatable bonds is 4. The molecule has 0 atom stereocenters. The van der Waals surface area contributed by atoms with E-state index < -0.39 is 5.97 Å². The Bertz CT molecular complexity index is 566. The summed E-state index contributed by atoms with van der Waals surface area (Å²) in [4.78, 5) is 26.4. The first-order valence-electron chi connectivity index (χ1n) is 5.16. The highest BCUT2D eigenvalue weighted by Gasteiger charge is 2.11. The number of carbonyl (C=O) groups is 2. The molecule has 0 unspecified atom stereocenters. The van der Waals surface area contributed by atoms with Crippen LogP contribution in [0.2, 0.25) is 0 Å². The van der Waals surface area contributed by atoms with Gasteiger partial charge in [0.05, 0.1) is 11.9 Å². The van der Waals surface area contributed by atoms with Crippen molar-refractivity contribution in [2.45, 2.75) is 6.42 Å². The monoisotopic (exact) mass is 262 g/mol. The number of thiazole rings is 1. The van der Waals surface area contributed by atoms with Crippen LogP contribution in [0.15, 0.2) is 35.2 Å². The number of carboxylic acids is 1. The smallest absolute Gasteiger partial charge is 0.307 e. The van der Waals surface area contributed by atoms with Crippen molar-refractivity contribution in [3.63, 3.8) is 0 Å². The molecule has 0 radical (unpaired) electrons. The van der Waals surface area contributed by atoms with Crippen LogP contribution in [-0.2, 0) is 11.2 Å². The molecule has 0 aliphatic carbocycles. The summed E-state index contributed by atoms with van der Waals surface area (Å²) in [6, 6.07) is 6.81. The zero-order valence-electron chi connectivity index (χ0n) is 9.29. The first-order chi connectivity index (χ1) is 8.66. The van der Waals surface area contributed by atoms with E-state index in [1.807, 2.05) is 0 Å². The van der Waals surface area contributed by atoms with Crippen LogP contribution < -0.4 is 5.32 Å². The molecular formula is C12H10N2O3S. The molecule has 0 aliphatic heterocycles. The molecule has 0 spiro atoms. The van der Waals surface area contributed by atoms with E-state index in [9.17, 15) is 9.59 Å². The predicted molar refractivity (Wildman–Crippen MR) is 67.8 cm³/mol. The van der Waals surface area contributed by atoms with Crippen molar-refractivity contribution >= 4 is 28.9 Å². The average Bonchev–Trinajstić information content (AvgIpc) is 2.84. The van der Waals surface area contributed by atoms with Gasteiger partial charge in [-0.25, -0.2) is 4.98 Å². The number of amides is 1. The minimum absolute atomic E-state index is 0.131. The van der Waals surface area contributed by atoms with Gasteiger partial charge in [0.2, 0.25) is 0 Å². The highest BCUT2D eigenvalue weighted by atomic mass is 32.1. The van der Waals surface area contributed by atoms with Gasteiger partial charge >= 0.3 is 5.97 Å². The van der Waals surface area contributed by atoms with Gasteiger partial charge in [0.15, 0.2) is 0 Å². The molecule has 2 aromatic rings. The van der Waals surface area contributed by atoms with Crippen molar-refractivity contribution in [3.05, 3.63) is 46.4 Å². The van der Waals surface area contributed by atoms with Gasteiger partial charge < -0.3 is 10.4 Å². The van der Waals surface area contributed by atoms with Crippen LogP contribution in [0, 0.1) is 0 Å². The largest absolute Gasteiger partial charge is 0.481 e. The highest BCUT2D eigenvalue weighted by molar-refractivity contribution is 7.07. The topological polar surface area (TPSA) is 79.3 Å². The second-order valence-electron chi connectivity index (χ2n) is 3.56. The van der Waals surface area contributed by atoms with Gasteiger partial charge in [0.25, 0.3) is 5.91 Å². The molecule has 0 saturated carbocycles. The molecule has 6 heteroatoms. The Morgan fingerprint density at radius 1 is 1.33 bits per heavy atom. The summed E-state index contributed by atoms with van der Waals surface area (Å²) < 4.78 is 0. The zero-order valence-corrected chi connectivity index (χ0v) is 10.1. The molecule has 2 rings (SSSR count). The number of hydrogen-bond donors (Lipinski definition) is 2. The molecule has 1 aromatic carbocycles. The minimum atomic E-state index is -0.939. The molecule has 1 heterocycles. The molecule has 18 heavy (non-hydrogen) atoms. The van der Waals surface area contributed by atoms with Gasteiger partial charge in [-0.3, -0.25) is 9.59 Å². The summed E-state index contributed by atoms with van der Waals surface area (Å²) >= 11 is 1.33.